The Morgan fingerprint density at radius 3 is 2.43 bits per heavy atom. The fourth-order valence-electron chi connectivity index (χ4n) is 3.73. The molecule has 0 aliphatic heterocycles. The predicted octanol–water partition coefficient (Wildman–Crippen LogP) is 5.49. The first-order valence-corrected chi connectivity index (χ1v) is 11.1. The molecule has 1 amide bonds. The van der Waals surface area contributed by atoms with Gasteiger partial charge in [0.15, 0.2) is 5.65 Å². The molecule has 0 fully saturated rings. The zero-order valence-corrected chi connectivity index (χ0v) is 19.2. The van der Waals surface area contributed by atoms with Crippen molar-refractivity contribution < 1.29 is 18.0 Å². The number of halogens is 3. The quantitative estimate of drug-likeness (QED) is 0.243. The minimum atomic E-state index is -4.64. The molecule has 5 N–H and O–H groups in total. The first-order chi connectivity index (χ1) is 17.8. The van der Waals surface area contributed by atoms with Gasteiger partial charge >= 0.3 is 6.18 Å². The second-order valence-corrected chi connectivity index (χ2v) is 8.22. The number of amides is 1. The predicted molar refractivity (Wildman–Crippen MR) is 135 cm³/mol. The summed E-state index contributed by atoms with van der Waals surface area (Å²) in [6, 6.07) is 18.6. The summed E-state index contributed by atoms with van der Waals surface area (Å²) in [6.07, 6.45) is -2.24. The third kappa shape index (κ3) is 5.20. The molecular weight excluding hydrogens is 483 g/mol. The lowest BCUT2D eigenvalue weighted by Crippen LogP contribution is -2.18. The monoisotopic (exact) mass is 503 g/mol. The lowest BCUT2D eigenvalue weighted by Gasteiger charge is -2.14. The minimum Gasteiger partial charge on any atom is -0.384 e. The van der Waals surface area contributed by atoms with Crippen molar-refractivity contribution in [2.24, 2.45) is 0 Å². The van der Waals surface area contributed by atoms with Crippen LogP contribution in [-0.4, -0.2) is 26.1 Å². The smallest absolute Gasteiger partial charge is 0.384 e. The van der Waals surface area contributed by atoms with E-state index in [4.69, 9.17) is 5.73 Å². The van der Waals surface area contributed by atoms with Gasteiger partial charge in [-0.2, -0.15) is 18.3 Å². The van der Waals surface area contributed by atoms with E-state index in [1.807, 2.05) is 30.3 Å². The van der Waals surface area contributed by atoms with E-state index in [-0.39, 0.29) is 17.9 Å². The molecule has 0 atom stereocenters. The highest BCUT2D eigenvalue weighted by atomic mass is 19.4. The van der Waals surface area contributed by atoms with Gasteiger partial charge in [-0.05, 0) is 35.4 Å². The molecule has 0 bridgehead atoms. The van der Waals surface area contributed by atoms with Crippen LogP contribution >= 0.6 is 0 Å². The number of nitrogens with zero attached hydrogens (tertiary/aromatic N) is 3. The number of alkyl halides is 3. The van der Waals surface area contributed by atoms with Crippen LogP contribution in [0, 0.1) is 0 Å². The molecule has 0 saturated heterocycles. The molecule has 0 aliphatic rings. The number of carbonyl (C=O) groups excluding carboxylic acids is 1. The fourth-order valence-corrected chi connectivity index (χ4v) is 3.73. The number of aromatic nitrogens is 4. The highest BCUT2D eigenvalue weighted by Gasteiger charge is 2.32. The number of carbonyl (C=O) groups is 1. The molecule has 5 aromatic rings. The molecule has 0 spiro atoms. The molecule has 0 unspecified atom stereocenters. The molecule has 186 valence electrons. The third-order valence-electron chi connectivity index (χ3n) is 5.68. The number of rotatable bonds is 6. The Kier molecular flexibility index (Phi) is 6.18. The molecule has 0 aliphatic carbocycles. The van der Waals surface area contributed by atoms with Crippen molar-refractivity contribution in [3.8, 4) is 11.1 Å². The molecule has 2 aromatic carbocycles. The lowest BCUT2D eigenvalue weighted by atomic mass is 10.0. The highest BCUT2D eigenvalue weighted by molar-refractivity contribution is 6.07. The van der Waals surface area contributed by atoms with E-state index in [1.165, 1.54) is 0 Å². The number of nitrogen functional groups attached to an aromatic ring is 1. The molecular formula is C26H20F3N7O. The summed E-state index contributed by atoms with van der Waals surface area (Å²) in [7, 11) is 0. The first-order valence-electron chi connectivity index (χ1n) is 11.1. The number of aromatic amines is 1. The Labute approximate surface area is 208 Å². The topological polar surface area (TPSA) is 122 Å². The van der Waals surface area contributed by atoms with Crippen molar-refractivity contribution in [3.63, 3.8) is 0 Å². The fraction of sp³-hybridized carbons (Fsp3) is 0.0769. The molecule has 3 heterocycles. The number of benzene rings is 2. The van der Waals surface area contributed by atoms with Crippen molar-refractivity contribution in [2.75, 3.05) is 16.4 Å². The summed E-state index contributed by atoms with van der Waals surface area (Å²) in [6.45, 7) is 0.232. The minimum absolute atomic E-state index is 0.0376. The SMILES string of the molecule is Nc1[nH]nc2ncc(-c3ccc(CNc4ncc(C(F)(F)F)cc4C(=O)Nc4ccccc4)cc3)cc12. The van der Waals surface area contributed by atoms with Gasteiger partial charge < -0.3 is 16.4 Å². The summed E-state index contributed by atoms with van der Waals surface area (Å²) < 4.78 is 39.9. The van der Waals surface area contributed by atoms with Crippen LogP contribution in [0.3, 0.4) is 0 Å². The first kappa shape index (κ1) is 23.8. The summed E-state index contributed by atoms with van der Waals surface area (Å²) >= 11 is 0. The number of anilines is 3. The number of hydrogen-bond acceptors (Lipinski definition) is 6. The normalized spacial score (nSPS) is 11.4. The molecule has 0 radical (unpaired) electrons. The molecule has 3 aromatic heterocycles. The zero-order valence-electron chi connectivity index (χ0n) is 19.2. The molecule has 37 heavy (non-hydrogen) atoms. The Balaban J connectivity index is 1.35. The Morgan fingerprint density at radius 1 is 0.946 bits per heavy atom. The van der Waals surface area contributed by atoms with Crippen molar-refractivity contribution in [2.45, 2.75) is 12.7 Å². The third-order valence-corrected chi connectivity index (χ3v) is 5.68. The highest BCUT2D eigenvalue weighted by Crippen LogP contribution is 2.31. The van der Waals surface area contributed by atoms with Crippen LogP contribution < -0.4 is 16.4 Å². The van der Waals surface area contributed by atoms with Crippen LogP contribution in [0.4, 0.5) is 30.5 Å². The number of nitrogens with two attached hydrogens (primary N) is 1. The Hall–Kier alpha value is -4.93. The maximum Gasteiger partial charge on any atom is 0.417 e. The van der Waals surface area contributed by atoms with Crippen LogP contribution in [0.2, 0.25) is 0 Å². The van der Waals surface area contributed by atoms with E-state index in [0.29, 0.717) is 23.3 Å². The van der Waals surface area contributed by atoms with Gasteiger partial charge in [0.25, 0.3) is 5.91 Å². The van der Waals surface area contributed by atoms with Crippen LogP contribution in [0.5, 0.6) is 0 Å². The number of H-pyrrole nitrogens is 1. The summed E-state index contributed by atoms with van der Waals surface area (Å²) in [5, 5.41) is 13.0. The van der Waals surface area contributed by atoms with Gasteiger partial charge in [-0.1, -0.05) is 42.5 Å². The van der Waals surface area contributed by atoms with Crippen molar-refractivity contribution in [1.82, 2.24) is 20.2 Å². The van der Waals surface area contributed by atoms with E-state index in [2.05, 4.69) is 30.8 Å². The Bertz CT molecular complexity index is 1570. The molecule has 0 saturated carbocycles. The number of nitrogens with one attached hydrogen (secondary N) is 3. The standard InChI is InChI=1S/C26H20F3N7O/c27-26(28,29)18-11-21(25(37)34-19-4-2-1-3-5-19)23(33-14-18)31-12-15-6-8-16(9-7-15)17-10-20-22(30)35-36-24(20)32-13-17/h1-11,13-14H,12H2,(H,31,33)(H,34,37)(H3,30,32,35,36). The molecule has 11 heteroatoms. The van der Waals surface area contributed by atoms with E-state index in [9.17, 15) is 18.0 Å². The van der Waals surface area contributed by atoms with Gasteiger partial charge in [0.2, 0.25) is 0 Å². The van der Waals surface area contributed by atoms with Gasteiger partial charge in [0, 0.05) is 30.2 Å². The van der Waals surface area contributed by atoms with Crippen molar-refractivity contribution >= 4 is 34.3 Å². The maximum atomic E-state index is 13.3. The van der Waals surface area contributed by atoms with E-state index in [0.717, 1.165) is 28.1 Å². The van der Waals surface area contributed by atoms with E-state index >= 15 is 0 Å². The van der Waals surface area contributed by atoms with Gasteiger partial charge in [-0.15, -0.1) is 0 Å². The van der Waals surface area contributed by atoms with Gasteiger partial charge in [0.1, 0.15) is 11.6 Å². The van der Waals surface area contributed by atoms with E-state index < -0.39 is 17.6 Å². The van der Waals surface area contributed by atoms with Crippen LogP contribution in [0.15, 0.2) is 79.1 Å². The van der Waals surface area contributed by atoms with Gasteiger partial charge in [-0.25, -0.2) is 9.97 Å². The second kappa shape index (κ2) is 9.61. The number of fused-ring (bicyclic) bond motifs is 1. The summed E-state index contributed by atoms with van der Waals surface area (Å²) in [4.78, 5) is 21.0. The number of hydrogen-bond donors (Lipinski definition) is 4. The number of pyridine rings is 2. The van der Waals surface area contributed by atoms with E-state index in [1.54, 1.807) is 36.5 Å². The van der Waals surface area contributed by atoms with Crippen molar-refractivity contribution in [1.29, 1.82) is 0 Å². The molecule has 5 rings (SSSR count). The van der Waals surface area contributed by atoms with Gasteiger partial charge in [-0.3, -0.25) is 9.89 Å². The summed E-state index contributed by atoms with van der Waals surface area (Å²) in [5.74, 6) is -0.235. The van der Waals surface area contributed by atoms with Crippen LogP contribution in [-0.2, 0) is 12.7 Å². The summed E-state index contributed by atoms with van der Waals surface area (Å²) in [5.41, 5.74) is 8.22. The lowest BCUT2D eigenvalue weighted by molar-refractivity contribution is -0.137. The zero-order chi connectivity index (χ0) is 26.0. The number of para-hydroxylation sites is 1. The largest absolute Gasteiger partial charge is 0.417 e. The van der Waals surface area contributed by atoms with Gasteiger partial charge in [0.05, 0.1) is 16.5 Å². The average Bonchev–Trinajstić information content (AvgIpc) is 3.27. The van der Waals surface area contributed by atoms with Crippen LogP contribution in [0.25, 0.3) is 22.2 Å². The van der Waals surface area contributed by atoms with Crippen molar-refractivity contribution in [3.05, 3.63) is 95.8 Å². The maximum absolute atomic E-state index is 13.3. The Morgan fingerprint density at radius 2 is 1.70 bits per heavy atom. The second-order valence-electron chi connectivity index (χ2n) is 8.22. The average molecular weight is 503 g/mol. The molecule has 8 nitrogen and oxygen atoms in total. The van der Waals surface area contributed by atoms with Crippen LogP contribution in [0.1, 0.15) is 21.5 Å².